The molecule has 0 aliphatic carbocycles. The maximum Gasteiger partial charge on any atom is 0.0907 e. The highest BCUT2D eigenvalue weighted by molar-refractivity contribution is 7.18. The predicted octanol–water partition coefficient (Wildman–Crippen LogP) is 3.88. The first-order chi connectivity index (χ1) is 9.63. The maximum absolute atomic E-state index is 4.47. The first-order valence-corrected chi connectivity index (χ1v) is 7.36. The van der Waals surface area contributed by atoms with Gasteiger partial charge in [0.1, 0.15) is 0 Å². The van der Waals surface area contributed by atoms with Crippen molar-refractivity contribution in [2.24, 2.45) is 0 Å². The lowest BCUT2D eigenvalue weighted by molar-refractivity contribution is 0.810. The second-order valence-electron chi connectivity index (χ2n) is 4.81. The van der Waals surface area contributed by atoms with Crippen LogP contribution in [0.1, 0.15) is 29.4 Å². The van der Waals surface area contributed by atoms with Crippen LogP contribution in [0.5, 0.6) is 0 Å². The number of nitrogens with one attached hydrogen (secondary N) is 1. The summed E-state index contributed by atoms with van der Waals surface area (Å²) in [6.07, 6.45) is 3.45. The van der Waals surface area contributed by atoms with Crippen LogP contribution in [0.25, 0.3) is 10.2 Å². The summed E-state index contributed by atoms with van der Waals surface area (Å²) in [6, 6.07) is 6.37. The van der Waals surface area contributed by atoms with Crippen molar-refractivity contribution < 1.29 is 0 Å². The van der Waals surface area contributed by atoms with Crippen molar-refractivity contribution in [2.75, 3.05) is 5.32 Å². The molecule has 0 aliphatic rings. The number of hydrogen-bond acceptors (Lipinski definition) is 5. The van der Waals surface area contributed by atoms with Gasteiger partial charge < -0.3 is 5.32 Å². The summed E-state index contributed by atoms with van der Waals surface area (Å²) in [7, 11) is 0. The van der Waals surface area contributed by atoms with Gasteiger partial charge in [0.2, 0.25) is 0 Å². The molecule has 0 spiro atoms. The van der Waals surface area contributed by atoms with Gasteiger partial charge in [0, 0.05) is 18.1 Å². The van der Waals surface area contributed by atoms with Crippen molar-refractivity contribution in [1.29, 1.82) is 0 Å². The van der Waals surface area contributed by atoms with Crippen LogP contribution in [0.4, 0.5) is 5.69 Å². The molecule has 1 aromatic carbocycles. The number of benzene rings is 1. The zero-order valence-electron chi connectivity index (χ0n) is 11.7. The Hall–Kier alpha value is -2.01. The van der Waals surface area contributed by atoms with Gasteiger partial charge in [-0.05, 0) is 39.0 Å². The van der Waals surface area contributed by atoms with Crippen LogP contribution >= 0.6 is 11.3 Å². The van der Waals surface area contributed by atoms with Gasteiger partial charge in [0.05, 0.1) is 32.7 Å². The molecule has 1 atom stereocenters. The Bertz CT molecular complexity index is 750. The molecule has 1 unspecified atom stereocenters. The van der Waals surface area contributed by atoms with E-state index in [4.69, 9.17) is 0 Å². The Morgan fingerprint density at radius 1 is 1.15 bits per heavy atom. The van der Waals surface area contributed by atoms with E-state index < -0.39 is 0 Å². The average Bonchev–Trinajstić information content (AvgIpc) is 2.78. The third kappa shape index (κ3) is 2.49. The van der Waals surface area contributed by atoms with Crippen LogP contribution in [-0.4, -0.2) is 15.0 Å². The Morgan fingerprint density at radius 2 is 1.95 bits per heavy atom. The van der Waals surface area contributed by atoms with Crippen LogP contribution in [0, 0.1) is 13.8 Å². The van der Waals surface area contributed by atoms with Crippen LogP contribution in [0.2, 0.25) is 0 Å². The molecule has 4 nitrogen and oxygen atoms in total. The second kappa shape index (κ2) is 5.17. The fraction of sp³-hybridized carbons (Fsp3) is 0.267. The SMILES string of the molecule is Cc1nc2ccc(NC(C)c3nccnc3C)cc2s1. The standard InChI is InChI=1S/C15H16N4S/c1-9-15(17-7-6-16-9)10(2)18-12-4-5-13-14(8-12)20-11(3)19-13/h4-8,10,18H,1-3H3. The van der Waals surface area contributed by atoms with E-state index in [0.717, 1.165) is 27.6 Å². The van der Waals surface area contributed by atoms with Gasteiger partial charge in [-0.3, -0.25) is 9.97 Å². The highest BCUT2D eigenvalue weighted by Gasteiger charge is 2.11. The van der Waals surface area contributed by atoms with Gasteiger partial charge in [-0.15, -0.1) is 11.3 Å². The van der Waals surface area contributed by atoms with Crippen molar-refractivity contribution in [3.63, 3.8) is 0 Å². The first kappa shape index (κ1) is 13.0. The molecule has 3 aromatic rings. The largest absolute Gasteiger partial charge is 0.377 e. The number of aryl methyl sites for hydroxylation is 2. The normalized spacial score (nSPS) is 12.6. The molecule has 1 N–H and O–H groups in total. The molecule has 0 amide bonds. The lowest BCUT2D eigenvalue weighted by Crippen LogP contribution is -2.10. The Kier molecular flexibility index (Phi) is 3.36. The van der Waals surface area contributed by atoms with Gasteiger partial charge >= 0.3 is 0 Å². The third-order valence-electron chi connectivity index (χ3n) is 3.21. The summed E-state index contributed by atoms with van der Waals surface area (Å²) < 4.78 is 1.20. The fourth-order valence-electron chi connectivity index (χ4n) is 2.29. The molecule has 0 aliphatic heterocycles. The summed E-state index contributed by atoms with van der Waals surface area (Å²) in [5.74, 6) is 0. The summed E-state index contributed by atoms with van der Waals surface area (Å²) in [5.41, 5.74) is 4.08. The molecule has 0 fully saturated rings. The number of nitrogens with zero attached hydrogens (tertiary/aromatic N) is 3. The van der Waals surface area contributed by atoms with Gasteiger partial charge in [-0.25, -0.2) is 4.98 Å². The van der Waals surface area contributed by atoms with E-state index in [-0.39, 0.29) is 6.04 Å². The van der Waals surface area contributed by atoms with E-state index in [2.05, 4.69) is 45.4 Å². The van der Waals surface area contributed by atoms with Gasteiger partial charge in [-0.2, -0.15) is 0 Å². The van der Waals surface area contributed by atoms with Crippen molar-refractivity contribution in [2.45, 2.75) is 26.8 Å². The molecule has 20 heavy (non-hydrogen) atoms. The molecular weight excluding hydrogens is 268 g/mol. The zero-order chi connectivity index (χ0) is 14.1. The third-order valence-corrected chi connectivity index (χ3v) is 4.14. The van der Waals surface area contributed by atoms with Crippen LogP contribution in [0.15, 0.2) is 30.6 Å². The molecule has 2 heterocycles. The highest BCUT2D eigenvalue weighted by atomic mass is 32.1. The highest BCUT2D eigenvalue weighted by Crippen LogP contribution is 2.27. The lowest BCUT2D eigenvalue weighted by atomic mass is 10.1. The van der Waals surface area contributed by atoms with Crippen molar-refractivity contribution in [1.82, 2.24) is 15.0 Å². The summed E-state index contributed by atoms with van der Waals surface area (Å²) in [4.78, 5) is 13.2. The Labute approximate surface area is 121 Å². The summed E-state index contributed by atoms with van der Waals surface area (Å²) in [6.45, 7) is 6.11. The van der Waals surface area contributed by atoms with E-state index >= 15 is 0 Å². The molecule has 3 rings (SSSR count). The van der Waals surface area contributed by atoms with Crippen molar-refractivity contribution >= 4 is 27.2 Å². The summed E-state index contributed by atoms with van der Waals surface area (Å²) >= 11 is 1.71. The molecular formula is C15H16N4S. The molecule has 0 bridgehead atoms. The van der Waals surface area contributed by atoms with Crippen LogP contribution in [-0.2, 0) is 0 Å². The minimum atomic E-state index is 0.121. The fourth-order valence-corrected chi connectivity index (χ4v) is 3.16. The van der Waals surface area contributed by atoms with Gasteiger partial charge in [0.25, 0.3) is 0 Å². The average molecular weight is 284 g/mol. The van der Waals surface area contributed by atoms with Crippen LogP contribution in [0.3, 0.4) is 0 Å². The number of fused-ring (bicyclic) bond motifs is 1. The molecule has 0 radical (unpaired) electrons. The first-order valence-electron chi connectivity index (χ1n) is 6.55. The Balaban J connectivity index is 1.87. The predicted molar refractivity (Wildman–Crippen MR) is 83.2 cm³/mol. The van der Waals surface area contributed by atoms with E-state index in [0.29, 0.717) is 0 Å². The number of aromatic nitrogens is 3. The monoisotopic (exact) mass is 284 g/mol. The van der Waals surface area contributed by atoms with E-state index in [9.17, 15) is 0 Å². The van der Waals surface area contributed by atoms with Gasteiger partial charge in [0.15, 0.2) is 0 Å². The van der Waals surface area contributed by atoms with Crippen molar-refractivity contribution in [3.8, 4) is 0 Å². The second-order valence-corrected chi connectivity index (χ2v) is 6.04. The molecule has 2 aromatic heterocycles. The van der Waals surface area contributed by atoms with Crippen LogP contribution < -0.4 is 5.32 Å². The quantitative estimate of drug-likeness (QED) is 0.793. The Morgan fingerprint density at radius 3 is 2.75 bits per heavy atom. The minimum Gasteiger partial charge on any atom is -0.377 e. The molecule has 5 heteroatoms. The lowest BCUT2D eigenvalue weighted by Gasteiger charge is -2.16. The number of rotatable bonds is 3. The number of thiazole rings is 1. The topological polar surface area (TPSA) is 50.7 Å². The van der Waals surface area contributed by atoms with Crippen molar-refractivity contribution in [3.05, 3.63) is 47.0 Å². The zero-order valence-corrected chi connectivity index (χ0v) is 12.5. The summed E-state index contributed by atoms with van der Waals surface area (Å²) in [5, 5.41) is 4.57. The molecule has 0 saturated heterocycles. The number of anilines is 1. The molecule has 0 saturated carbocycles. The van der Waals surface area contributed by atoms with Gasteiger partial charge in [-0.1, -0.05) is 0 Å². The minimum absolute atomic E-state index is 0.121. The van der Waals surface area contributed by atoms with E-state index in [1.165, 1.54) is 4.70 Å². The van der Waals surface area contributed by atoms with E-state index in [1.807, 2.05) is 13.8 Å². The maximum atomic E-state index is 4.47. The van der Waals surface area contributed by atoms with E-state index in [1.54, 1.807) is 23.7 Å². The smallest absolute Gasteiger partial charge is 0.0907 e. The number of hydrogen-bond donors (Lipinski definition) is 1. The molecule has 102 valence electrons.